The normalized spacial score (nSPS) is 21.9. The second-order valence-corrected chi connectivity index (χ2v) is 5.85. The van der Waals surface area contributed by atoms with Crippen LogP contribution >= 0.6 is 0 Å². The van der Waals surface area contributed by atoms with E-state index in [1.54, 1.807) is 7.11 Å². The minimum absolute atomic E-state index is 0.414. The highest BCUT2D eigenvalue weighted by Crippen LogP contribution is 2.27. The maximum atomic E-state index is 5.38. The molecular weight excluding hydrogens is 250 g/mol. The minimum atomic E-state index is 0.414. The van der Waals surface area contributed by atoms with Crippen LogP contribution < -0.4 is 10.1 Å². The number of piperazine rings is 1. The Balaban J connectivity index is 2.25. The molecule has 2 rings (SSSR count). The Morgan fingerprint density at radius 1 is 1.45 bits per heavy atom. The van der Waals surface area contributed by atoms with E-state index < -0.39 is 0 Å². The second-order valence-electron chi connectivity index (χ2n) is 5.85. The Morgan fingerprint density at radius 2 is 2.25 bits per heavy atom. The minimum Gasteiger partial charge on any atom is -0.497 e. The molecule has 1 saturated heterocycles. The van der Waals surface area contributed by atoms with Gasteiger partial charge in [0.2, 0.25) is 0 Å². The van der Waals surface area contributed by atoms with Gasteiger partial charge in [0.15, 0.2) is 0 Å². The van der Waals surface area contributed by atoms with Crippen molar-refractivity contribution in [3.8, 4) is 5.75 Å². The molecule has 1 aromatic rings. The van der Waals surface area contributed by atoms with Crippen molar-refractivity contribution in [3.05, 3.63) is 29.8 Å². The van der Waals surface area contributed by atoms with Crippen LogP contribution in [0.2, 0.25) is 0 Å². The summed E-state index contributed by atoms with van der Waals surface area (Å²) in [5.74, 6) is 0.939. The number of hydrogen-bond acceptors (Lipinski definition) is 4. The fourth-order valence-electron chi connectivity index (χ4n) is 2.92. The van der Waals surface area contributed by atoms with E-state index in [1.807, 2.05) is 6.07 Å². The monoisotopic (exact) mass is 277 g/mol. The van der Waals surface area contributed by atoms with Crippen molar-refractivity contribution in [1.82, 2.24) is 15.1 Å². The summed E-state index contributed by atoms with van der Waals surface area (Å²) in [7, 11) is 6.01. The van der Waals surface area contributed by atoms with E-state index in [1.165, 1.54) is 5.56 Å². The van der Waals surface area contributed by atoms with Crippen LogP contribution in [0.25, 0.3) is 0 Å². The summed E-state index contributed by atoms with van der Waals surface area (Å²) in [5.41, 5.74) is 1.34. The van der Waals surface area contributed by atoms with Crippen molar-refractivity contribution in [2.24, 2.45) is 0 Å². The highest BCUT2D eigenvalue weighted by molar-refractivity contribution is 5.31. The third-order valence-electron chi connectivity index (χ3n) is 3.97. The first kappa shape index (κ1) is 15.3. The van der Waals surface area contributed by atoms with Crippen LogP contribution in [0.15, 0.2) is 24.3 Å². The molecule has 0 radical (unpaired) electrons. The smallest absolute Gasteiger partial charge is 0.119 e. The molecule has 0 saturated carbocycles. The Hall–Kier alpha value is -1.10. The lowest BCUT2D eigenvalue weighted by Crippen LogP contribution is -2.52. The second kappa shape index (κ2) is 7.07. The molecule has 1 aliphatic rings. The van der Waals surface area contributed by atoms with Gasteiger partial charge < -0.3 is 15.0 Å². The van der Waals surface area contributed by atoms with Gasteiger partial charge >= 0.3 is 0 Å². The van der Waals surface area contributed by atoms with Gasteiger partial charge in [0.1, 0.15) is 5.75 Å². The topological polar surface area (TPSA) is 27.7 Å². The highest BCUT2D eigenvalue weighted by atomic mass is 16.5. The molecule has 0 bridgehead atoms. The number of likely N-dealkylation sites (N-methyl/N-ethyl adjacent to an activating group) is 1. The van der Waals surface area contributed by atoms with Crippen molar-refractivity contribution in [3.63, 3.8) is 0 Å². The predicted octanol–water partition coefficient (Wildman–Crippen LogP) is 1.59. The van der Waals surface area contributed by atoms with Gasteiger partial charge in [-0.25, -0.2) is 0 Å². The van der Waals surface area contributed by atoms with E-state index in [-0.39, 0.29) is 0 Å². The van der Waals surface area contributed by atoms with Crippen LogP contribution in [0.1, 0.15) is 18.5 Å². The standard InChI is InChI=1S/C16H27N3O/c1-13-11-17-8-9-19(13)16(12-18(2)3)14-6-5-7-15(10-14)20-4/h5-7,10,13,16-17H,8-9,11-12H2,1-4H3. The molecule has 1 heterocycles. The van der Waals surface area contributed by atoms with E-state index in [0.717, 1.165) is 31.9 Å². The number of nitrogens with zero attached hydrogens (tertiary/aromatic N) is 2. The van der Waals surface area contributed by atoms with Crippen LogP contribution in [0, 0.1) is 0 Å². The molecule has 20 heavy (non-hydrogen) atoms. The Bertz CT molecular complexity index is 422. The lowest BCUT2D eigenvalue weighted by Gasteiger charge is -2.41. The molecule has 2 atom stereocenters. The Kier molecular flexibility index (Phi) is 5.40. The molecule has 2 unspecified atom stereocenters. The summed E-state index contributed by atoms with van der Waals surface area (Å²) in [6.07, 6.45) is 0. The van der Waals surface area contributed by atoms with E-state index in [4.69, 9.17) is 4.74 Å². The van der Waals surface area contributed by atoms with Crippen molar-refractivity contribution >= 4 is 0 Å². The fraction of sp³-hybridized carbons (Fsp3) is 0.625. The van der Waals surface area contributed by atoms with Crippen LogP contribution in [-0.2, 0) is 0 Å². The highest BCUT2D eigenvalue weighted by Gasteiger charge is 2.27. The molecule has 1 fully saturated rings. The fourth-order valence-corrected chi connectivity index (χ4v) is 2.92. The largest absolute Gasteiger partial charge is 0.497 e. The zero-order chi connectivity index (χ0) is 14.5. The van der Waals surface area contributed by atoms with E-state index in [2.05, 4.69) is 54.3 Å². The molecule has 112 valence electrons. The van der Waals surface area contributed by atoms with Crippen molar-refractivity contribution < 1.29 is 4.74 Å². The van der Waals surface area contributed by atoms with Gasteiger partial charge in [-0.15, -0.1) is 0 Å². The third-order valence-corrected chi connectivity index (χ3v) is 3.97. The SMILES string of the molecule is COc1cccc(C(CN(C)C)N2CCNCC2C)c1. The van der Waals surface area contributed by atoms with Crippen molar-refractivity contribution in [2.75, 3.05) is 47.4 Å². The lowest BCUT2D eigenvalue weighted by atomic mass is 10.0. The average molecular weight is 277 g/mol. The molecule has 0 aromatic heterocycles. The van der Waals surface area contributed by atoms with E-state index in [9.17, 15) is 0 Å². The molecule has 0 aliphatic carbocycles. The molecule has 1 aromatic carbocycles. The van der Waals surface area contributed by atoms with Gasteiger partial charge in [-0.3, -0.25) is 4.90 Å². The molecule has 1 aliphatic heterocycles. The van der Waals surface area contributed by atoms with Crippen LogP contribution in [0.4, 0.5) is 0 Å². The van der Waals surface area contributed by atoms with Crippen molar-refractivity contribution in [2.45, 2.75) is 19.0 Å². The summed E-state index contributed by atoms with van der Waals surface area (Å²) in [4.78, 5) is 4.87. The quantitative estimate of drug-likeness (QED) is 0.884. The van der Waals surface area contributed by atoms with Crippen LogP contribution in [-0.4, -0.2) is 63.2 Å². The van der Waals surface area contributed by atoms with Crippen LogP contribution in [0.5, 0.6) is 5.75 Å². The lowest BCUT2D eigenvalue weighted by molar-refractivity contribution is 0.0966. The summed E-state index contributed by atoms with van der Waals surface area (Å²) in [5, 5.41) is 3.47. The first-order valence-electron chi connectivity index (χ1n) is 7.37. The molecular formula is C16H27N3O. The van der Waals surface area contributed by atoms with Gasteiger partial charge in [0.05, 0.1) is 7.11 Å². The third kappa shape index (κ3) is 3.72. The summed E-state index contributed by atoms with van der Waals surface area (Å²) < 4.78 is 5.38. The van der Waals surface area contributed by atoms with Crippen molar-refractivity contribution in [1.29, 1.82) is 0 Å². The van der Waals surface area contributed by atoms with E-state index in [0.29, 0.717) is 12.1 Å². The average Bonchev–Trinajstić information content (AvgIpc) is 2.45. The van der Waals surface area contributed by atoms with Gasteiger partial charge in [-0.05, 0) is 38.7 Å². The zero-order valence-corrected chi connectivity index (χ0v) is 13.1. The Morgan fingerprint density at radius 3 is 2.90 bits per heavy atom. The zero-order valence-electron chi connectivity index (χ0n) is 13.1. The molecule has 4 nitrogen and oxygen atoms in total. The number of nitrogens with one attached hydrogen (secondary N) is 1. The summed E-state index contributed by atoms with van der Waals surface area (Å²) >= 11 is 0. The van der Waals surface area contributed by atoms with Gasteiger partial charge in [0.25, 0.3) is 0 Å². The maximum absolute atomic E-state index is 5.38. The first-order valence-corrected chi connectivity index (χ1v) is 7.37. The Labute approximate surface area is 122 Å². The maximum Gasteiger partial charge on any atom is 0.119 e. The molecule has 4 heteroatoms. The number of rotatable bonds is 5. The van der Waals surface area contributed by atoms with Gasteiger partial charge in [-0.1, -0.05) is 12.1 Å². The van der Waals surface area contributed by atoms with E-state index >= 15 is 0 Å². The van der Waals surface area contributed by atoms with Gasteiger partial charge in [0, 0.05) is 38.3 Å². The predicted molar refractivity (Wildman–Crippen MR) is 83.3 cm³/mol. The first-order chi connectivity index (χ1) is 9.61. The summed E-state index contributed by atoms with van der Waals surface area (Å²) in [6.45, 7) is 6.55. The molecule has 0 amide bonds. The summed E-state index contributed by atoms with van der Waals surface area (Å²) in [6, 6.07) is 9.45. The number of ether oxygens (including phenoxy) is 1. The van der Waals surface area contributed by atoms with Gasteiger partial charge in [-0.2, -0.15) is 0 Å². The number of benzene rings is 1. The molecule has 0 spiro atoms. The molecule has 1 N–H and O–H groups in total. The van der Waals surface area contributed by atoms with Crippen LogP contribution in [0.3, 0.4) is 0 Å². The number of hydrogen-bond donors (Lipinski definition) is 1. The number of methoxy groups -OCH3 is 1.